The molecule has 0 saturated carbocycles. The molecule has 0 spiro atoms. The highest BCUT2D eigenvalue weighted by Gasteiger charge is 2.13. The number of anilines is 2. The Morgan fingerprint density at radius 2 is 1.89 bits per heavy atom. The Kier molecular flexibility index (Phi) is 6.96. The molecule has 1 N–H and O–H groups in total. The van der Waals surface area contributed by atoms with Gasteiger partial charge in [0.25, 0.3) is 0 Å². The van der Waals surface area contributed by atoms with Crippen LogP contribution in [0.4, 0.5) is 15.9 Å². The van der Waals surface area contributed by atoms with Gasteiger partial charge in [0.1, 0.15) is 35.5 Å². The Morgan fingerprint density at radius 3 is 2.65 bits per heavy atom. The minimum atomic E-state index is -0.389. The Balaban J connectivity index is 1.34. The van der Waals surface area contributed by atoms with E-state index in [0.717, 1.165) is 5.56 Å². The first-order valence-corrected chi connectivity index (χ1v) is 11.7. The minimum Gasteiger partial charge on any atom is -0.487 e. The molecule has 0 amide bonds. The van der Waals surface area contributed by atoms with Gasteiger partial charge < -0.3 is 14.8 Å². The smallest absolute Gasteiger partial charge is 0.337 e. The van der Waals surface area contributed by atoms with Crippen molar-refractivity contribution in [3.63, 3.8) is 0 Å². The number of esters is 1. The Labute approximate surface area is 216 Å². The van der Waals surface area contributed by atoms with Crippen molar-refractivity contribution in [3.8, 4) is 5.75 Å². The largest absolute Gasteiger partial charge is 0.487 e. The molecule has 0 unspecified atom stereocenters. The van der Waals surface area contributed by atoms with Crippen molar-refractivity contribution in [2.45, 2.75) is 13.2 Å². The zero-order valence-electron chi connectivity index (χ0n) is 19.7. The van der Waals surface area contributed by atoms with E-state index in [1.54, 1.807) is 47.3 Å². The number of hydrogen-bond donors (Lipinski definition) is 1. The summed E-state index contributed by atoms with van der Waals surface area (Å²) in [7, 11) is 1.35. The second kappa shape index (κ2) is 10.6. The summed E-state index contributed by atoms with van der Waals surface area (Å²) in [5, 5.41) is 8.14. The van der Waals surface area contributed by atoms with Crippen LogP contribution >= 0.6 is 11.6 Å². The molecule has 5 aromatic rings. The van der Waals surface area contributed by atoms with Gasteiger partial charge in [-0.1, -0.05) is 35.9 Å². The van der Waals surface area contributed by atoms with E-state index in [0.29, 0.717) is 51.0 Å². The second-order valence-electron chi connectivity index (χ2n) is 8.14. The number of carbonyl (C=O) groups excluding carboxylic acids is 1. The molecular formula is C27H21ClFN5O3. The number of carbonyl (C=O) groups is 1. The van der Waals surface area contributed by atoms with Crippen LogP contribution in [0, 0.1) is 5.82 Å². The van der Waals surface area contributed by atoms with Crippen molar-refractivity contribution in [1.82, 2.24) is 19.7 Å². The maximum atomic E-state index is 13.4. The molecule has 10 heteroatoms. The van der Waals surface area contributed by atoms with Gasteiger partial charge in [0.05, 0.1) is 30.4 Å². The fourth-order valence-electron chi connectivity index (χ4n) is 3.79. The molecule has 0 saturated heterocycles. The predicted octanol–water partition coefficient (Wildman–Crippen LogP) is 5.78. The van der Waals surface area contributed by atoms with E-state index in [1.165, 1.54) is 25.6 Å². The van der Waals surface area contributed by atoms with E-state index in [2.05, 4.69) is 20.4 Å². The highest BCUT2D eigenvalue weighted by atomic mass is 35.5. The third-order valence-electron chi connectivity index (χ3n) is 5.61. The monoisotopic (exact) mass is 517 g/mol. The zero-order valence-corrected chi connectivity index (χ0v) is 20.4. The molecule has 186 valence electrons. The van der Waals surface area contributed by atoms with Crippen LogP contribution in [0.15, 0.2) is 79.3 Å². The molecule has 8 nitrogen and oxygen atoms in total. The summed E-state index contributed by atoms with van der Waals surface area (Å²) in [6.45, 7) is 0.636. The number of halogens is 2. The fourth-order valence-corrected chi connectivity index (χ4v) is 4.03. The van der Waals surface area contributed by atoms with Gasteiger partial charge in [0.15, 0.2) is 5.82 Å². The van der Waals surface area contributed by atoms with Crippen LogP contribution in [0.5, 0.6) is 5.75 Å². The summed E-state index contributed by atoms with van der Waals surface area (Å²) < 4.78 is 25.7. The second-order valence-corrected chi connectivity index (χ2v) is 8.54. The molecule has 3 aromatic carbocycles. The normalized spacial score (nSPS) is 10.9. The lowest BCUT2D eigenvalue weighted by Gasteiger charge is -2.12. The summed E-state index contributed by atoms with van der Waals surface area (Å²) in [5.74, 6) is 0.323. The van der Waals surface area contributed by atoms with E-state index in [1.807, 2.05) is 18.2 Å². The number of ether oxygens (including phenoxy) is 2. The molecule has 2 heterocycles. The minimum absolute atomic E-state index is 0.191. The van der Waals surface area contributed by atoms with Crippen LogP contribution in [0.25, 0.3) is 11.0 Å². The molecule has 0 atom stereocenters. The maximum Gasteiger partial charge on any atom is 0.337 e. The van der Waals surface area contributed by atoms with Gasteiger partial charge in [-0.3, -0.25) is 4.68 Å². The van der Waals surface area contributed by atoms with E-state index in [-0.39, 0.29) is 18.4 Å². The third kappa shape index (κ3) is 5.52. The maximum absolute atomic E-state index is 13.4. The summed E-state index contributed by atoms with van der Waals surface area (Å²) in [6, 6.07) is 18.6. The summed E-state index contributed by atoms with van der Waals surface area (Å²) in [5.41, 5.74) is 4.19. The lowest BCUT2D eigenvalue weighted by Crippen LogP contribution is -2.06. The quantitative estimate of drug-likeness (QED) is 0.261. The third-order valence-corrected chi connectivity index (χ3v) is 5.91. The molecule has 0 fully saturated rings. The van der Waals surface area contributed by atoms with Crippen LogP contribution in [-0.2, 0) is 17.9 Å². The number of hydrogen-bond acceptors (Lipinski definition) is 7. The van der Waals surface area contributed by atoms with Gasteiger partial charge >= 0.3 is 5.97 Å². The number of nitrogens with zero attached hydrogens (tertiary/aromatic N) is 4. The zero-order chi connectivity index (χ0) is 25.8. The van der Waals surface area contributed by atoms with Crippen molar-refractivity contribution >= 4 is 40.1 Å². The topological polar surface area (TPSA) is 91.2 Å². The molecule has 0 bridgehead atoms. The average Bonchev–Trinajstić information content (AvgIpc) is 3.32. The van der Waals surface area contributed by atoms with Gasteiger partial charge in [-0.15, -0.1) is 0 Å². The van der Waals surface area contributed by atoms with Crippen molar-refractivity contribution in [2.75, 3.05) is 12.4 Å². The number of methoxy groups -OCH3 is 1. The Morgan fingerprint density at radius 1 is 1.05 bits per heavy atom. The fraction of sp³-hybridized carbons (Fsp3) is 0.111. The lowest BCUT2D eigenvalue weighted by molar-refractivity contribution is 0.0600. The summed E-state index contributed by atoms with van der Waals surface area (Å²) in [4.78, 5) is 20.4. The molecule has 37 heavy (non-hydrogen) atoms. The molecular weight excluding hydrogens is 497 g/mol. The van der Waals surface area contributed by atoms with Gasteiger partial charge in [-0.25, -0.2) is 19.2 Å². The predicted molar refractivity (Wildman–Crippen MR) is 138 cm³/mol. The van der Waals surface area contributed by atoms with Gasteiger partial charge in [-0.2, -0.15) is 5.10 Å². The molecule has 0 aliphatic carbocycles. The summed E-state index contributed by atoms with van der Waals surface area (Å²) in [6.07, 6.45) is 3.13. The van der Waals surface area contributed by atoms with Gasteiger partial charge in [0.2, 0.25) is 0 Å². The van der Waals surface area contributed by atoms with Crippen molar-refractivity contribution in [3.05, 3.63) is 107 Å². The van der Waals surface area contributed by atoms with Crippen LogP contribution in [-0.4, -0.2) is 32.8 Å². The van der Waals surface area contributed by atoms with Gasteiger partial charge in [-0.05, 0) is 53.6 Å². The number of rotatable bonds is 8. The number of nitrogens with one attached hydrogen (secondary N) is 1. The highest BCUT2D eigenvalue weighted by Crippen LogP contribution is 2.31. The number of aromatic nitrogens is 4. The highest BCUT2D eigenvalue weighted by molar-refractivity contribution is 6.32. The van der Waals surface area contributed by atoms with Crippen LogP contribution in [0.1, 0.15) is 21.5 Å². The first-order chi connectivity index (χ1) is 18.0. The van der Waals surface area contributed by atoms with Crippen LogP contribution in [0.2, 0.25) is 5.02 Å². The van der Waals surface area contributed by atoms with E-state index < -0.39 is 0 Å². The average molecular weight is 518 g/mol. The van der Waals surface area contributed by atoms with E-state index in [9.17, 15) is 9.18 Å². The number of benzene rings is 3. The summed E-state index contributed by atoms with van der Waals surface area (Å²) >= 11 is 6.45. The first kappa shape index (κ1) is 24.2. The Hall–Kier alpha value is -4.50. The molecule has 0 aliphatic heterocycles. The standard InChI is InChI=1S/C27H21ClFN5O3/c1-36-27(35)19-7-5-17(6-8-19)14-34-25-23(13-32-34)30-16-31-26(25)33-21-9-10-24(22(28)12-21)37-15-18-3-2-4-20(29)11-18/h2-13,16H,14-15H2,1H3,(H,30,31,33). The molecule has 0 radical (unpaired) electrons. The van der Waals surface area contributed by atoms with Crippen molar-refractivity contribution in [2.24, 2.45) is 0 Å². The molecule has 0 aliphatic rings. The molecule has 2 aromatic heterocycles. The van der Waals surface area contributed by atoms with Crippen LogP contribution in [0.3, 0.4) is 0 Å². The SMILES string of the molecule is COC(=O)c1ccc(Cn2ncc3ncnc(Nc4ccc(OCc5cccc(F)c5)c(Cl)c4)c32)cc1. The first-order valence-electron chi connectivity index (χ1n) is 11.3. The number of fused-ring (bicyclic) bond motifs is 1. The van der Waals surface area contributed by atoms with Crippen LogP contribution < -0.4 is 10.1 Å². The van der Waals surface area contributed by atoms with Crippen molar-refractivity contribution < 1.29 is 18.7 Å². The van der Waals surface area contributed by atoms with E-state index >= 15 is 0 Å². The van der Waals surface area contributed by atoms with E-state index in [4.69, 9.17) is 21.1 Å². The molecule has 5 rings (SSSR count). The van der Waals surface area contributed by atoms with Crippen molar-refractivity contribution in [1.29, 1.82) is 0 Å². The van der Waals surface area contributed by atoms with Gasteiger partial charge in [0, 0.05) is 5.69 Å². The Bertz CT molecular complexity index is 1570. The lowest BCUT2D eigenvalue weighted by atomic mass is 10.1.